The van der Waals surface area contributed by atoms with Crippen LogP contribution in [0.1, 0.15) is 16.9 Å². The van der Waals surface area contributed by atoms with Crippen LogP contribution in [0, 0.1) is 0 Å². The Morgan fingerprint density at radius 3 is 2.75 bits per heavy atom. The van der Waals surface area contributed by atoms with Crippen LogP contribution < -0.4 is 14.8 Å². The van der Waals surface area contributed by atoms with E-state index in [4.69, 9.17) is 9.47 Å². The van der Waals surface area contributed by atoms with E-state index in [-0.39, 0.29) is 11.7 Å². The summed E-state index contributed by atoms with van der Waals surface area (Å²) in [5, 5.41) is 2.39. The van der Waals surface area contributed by atoms with Crippen molar-refractivity contribution in [2.24, 2.45) is 7.05 Å². The van der Waals surface area contributed by atoms with Crippen molar-refractivity contribution >= 4 is 23.6 Å². The summed E-state index contributed by atoms with van der Waals surface area (Å²) in [5.74, 6) is 0.832. The molecule has 1 N–H and O–H groups in total. The van der Waals surface area contributed by atoms with E-state index in [1.165, 1.54) is 11.8 Å². The number of hydrogen-bond donors (Lipinski definition) is 1. The SMILES string of the molecule is Cn1cccc1C(=O)NC(=O)CSc1ccc2c(c1)OCCCO2. The first kappa shape index (κ1) is 16.4. The van der Waals surface area contributed by atoms with Crippen molar-refractivity contribution in [3.05, 3.63) is 42.2 Å². The van der Waals surface area contributed by atoms with Crippen molar-refractivity contribution in [1.82, 2.24) is 9.88 Å². The molecule has 0 unspecified atom stereocenters. The zero-order valence-electron chi connectivity index (χ0n) is 13.3. The molecular weight excluding hydrogens is 328 g/mol. The Bertz CT molecular complexity index is 757. The van der Waals surface area contributed by atoms with Gasteiger partial charge in [-0.05, 0) is 30.3 Å². The molecule has 3 rings (SSSR count). The summed E-state index contributed by atoms with van der Waals surface area (Å²) in [5.41, 5.74) is 0.448. The first-order valence-electron chi connectivity index (χ1n) is 7.61. The number of thioether (sulfide) groups is 1. The number of nitrogens with one attached hydrogen (secondary N) is 1. The van der Waals surface area contributed by atoms with Crippen molar-refractivity contribution in [2.45, 2.75) is 11.3 Å². The van der Waals surface area contributed by atoms with Crippen molar-refractivity contribution in [3.63, 3.8) is 0 Å². The summed E-state index contributed by atoms with van der Waals surface area (Å²) in [6, 6.07) is 9.00. The highest BCUT2D eigenvalue weighted by atomic mass is 32.2. The number of aromatic nitrogens is 1. The zero-order chi connectivity index (χ0) is 16.9. The van der Waals surface area contributed by atoms with Gasteiger partial charge >= 0.3 is 0 Å². The summed E-state index contributed by atoms with van der Waals surface area (Å²) in [7, 11) is 1.76. The van der Waals surface area contributed by atoms with Crippen LogP contribution >= 0.6 is 11.8 Å². The quantitative estimate of drug-likeness (QED) is 0.860. The van der Waals surface area contributed by atoms with Crippen LogP contribution in [0.4, 0.5) is 0 Å². The molecule has 1 aliphatic rings. The molecule has 2 heterocycles. The molecule has 126 valence electrons. The summed E-state index contributed by atoms with van der Waals surface area (Å²) < 4.78 is 12.9. The summed E-state index contributed by atoms with van der Waals surface area (Å²) in [6.45, 7) is 1.26. The van der Waals surface area contributed by atoms with Crippen molar-refractivity contribution < 1.29 is 19.1 Å². The van der Waals surface area contributed by atoms with E-state index in [0.29, 0.717) is 24.7 Å². The lowest BCUT2D eigenvalue weighted by molar-refractivity contribution is -0.117. The Morgan fingerprint density at radius 2 is 2.00 bits per heavy atom. The number of amides is 2. The maximum atomic E-state index is 12.0. The second-order valence-corrected chi connectivity index (χ2v) is 6.38. The molecule has 6 nitrogen and oxygen atoms in total. The number of benzene rings is 1. The lowest BCUT2D eigenvalue weighted by Gasteiger charge is -2.09. The number of hydrogen-bond acceptors (Lipinski definition) is 5. The minimum Gasteiger partial charge on any atom is -0.490 e. The summed E-state index contributed by atoms with van der Waals surface area (Å²) >= 11 is 1.34. The number of ether oxygens (including phenoxy) is 2. The van der Waals surface area contributed by atoms with Gasteiger partial charge in [-0.3, -0.25) is 14.9 Å². The van der Waals surface area contributed by atoms with Crippen molar-refractivity contribution in [1.29, 1.82) is 0 Å². The number of aryl methyl sites for hydroxylation is 1. The fourth-order valence-electron chi connectivity index (χ4n) is 2.31. The van der Waals surface area contributed by atoms with Gasteiger partial charge in [0, 0.05) is 24.6 Å². The van der Waals surface area contributed by atoms with Gasteiger partial charge in [-0.1, -0.05) is 0 Å². The van der Waals surface area contributed by atoms with Gasteiger partial charge in [-0.15, -0.1) is 11.8 Å². The Morgan fingerprint density at radius 1 is 1.21 bits per heavy atom. The Kier molecular flexibility index (Phi) is 5.10. The maximum absolute atomic E-state index is 12.0. The Labute approximate surface area is 144 Å². The lowest BCUT2D eigenvalue weighted by Crippen LogP contribution is -2.32. The van der Waals surface area contributed by atoms with Gasteiger partial charge in [0.2, 0.25) is 5.91 Å². The monoisotopic (exact) mass is 346 g/mol. The van der Waals surface area contributed by atoms with Gasteiger partial charge in [0.25, 0.3) is 5.91 Å². The first-order chi connectivity index (χ1) is 11.6. The number of carbonyl (C=O) groups excluding carboxylic acids is 2. The van der Waals surface area contributed by atoms with E-state index in [1.807, 2.05) is 18.2 Å². The van der Waals surface area contributed by atoms with E-state index in [1.54, 1.807) is 29.9 Å². The average molecular weight is 346 g/mol. The topological polar surface area (TPSA) is 69.6 Å². The average Bonchev–Trinajstić information content (AvgIpc) is 2.86. The summed E-state index contributed by atoms with van der Waals surface area (Å²) in [6.07, 6.45) is 2.60. The molecule has 24 heavy (non-hydrogen) atoms. The predicted molar refractivity (Wildman–Crippen MR) is 90.7 cm³/mol. The van der Waals surface area contributed by atoms with Crippen LogP contribution in [0.15, 0.2) is 41.4 Å². The number of fused-ring (bicyclic) bond motifs is 1. The predicted octanol–water partition coefficient (Wildman–Crippen LogP) is 2.24. The van der Waals surface area contributed by atoms with Gasteiger partial charge < -0.3 is 14.0 Å². The third kappa shape index (κ3) is 3.91. The molecule has 1 aromatic heterocycles. The number of rotatable bonds is 4. The van der Waals surface area contributed by atoms with Crippen LogP contribution in [0.3, 0.4) is 0 Å². The highest BCUT2D eigenvalue weighted by molar-refractivity contribution is 8.00. The molecule has 0 bridgehead atoms. The standard InChI is InChI=1S/C17H18N2O4S/c1-19-7-2-4-13(19)17(21)18-16(20)11-24-12-5-6-14-15(10-12)23-9-3-8-22-14/h2,4-7,10H,3,8-9,11H2,1H3,(H,18,20,21). The van der Waals surface area contributed by atoms with E-state index in [2.05, 4.69) is 5.32 Å². The molecule has 0 radical (unpaired) electrons. The molecule has 0 spiro atoms. The van der Waals surface area contributed by atoms with Crippen molar-refractivity contribution in [2.75, 3.05) is 19.0 Å². The largest absolute Gasteiger partial charge is 0.490 e. The molecule has 0 aliphatic carbocycles. The molecular formula is C17H18N2O4S. The number of imide groups is 1. The van der Waals surface area contributed by atoms with E-state index in [0.717, 1.165) is 17.1 Å². The van der Waals surface area contributed by atoms with Crippen LogP contribution in [-0.4, -0.2) is 35.3 Å². The van der Waals surface area contributed by atoms with Gasteiger partial charge in [0.15, 0.2) is 11.5 Å². The van der Waals surface area contributed by atoms with Gasteiger partial charge in [-0.25, -0.2) is 0 Å². The van der Waals surface area contributed by atoms with E-state index in [9.17, 15) is 9.59 Å². The minimum atomic E-state index is -0.397. The van der Waals surface area contributed by atoms with Crippen molar-refractivity contribution in [3.8, 4) is 11.5 Å². The fraction of sp³-hybridized carbons (Fsp3) is 0.294. The highest BCUT2D eigenvalue weighted by Crippen LogP contribution is 2.33. The first-order valence-corrected chi connectivity index (χ1v) is 8.60. The molecule has 2 aromatic rings. The Hall–Kier alpha value is -2.41. The molecule has 7 heteroatoms. The fourth-order valence-corrected chi connectivity index (χ4v) is 3.03. The van der Waals surface area contributed by atoms with Crippen LogP contribution in [0.5, 0.6) is 11.5 Å². The minimum absolute atomic E-state index is 0.149. The maximum Gasteiger partial charge on any atom is 0.274 e. The molecule has 2 amide bonds. The molecule has 0 saturated carbocycles. The van der Waals surface area contributed by atoms with E-state index >= 15 is 0 Å². The third-order valence-corrected chi connectivity index (χ3v) is 4.51. The van der Waals surface area contributed by atoms with Gasteiger partial charge in [0.1, 0.15) is 5.69 Å². The molecule has 0 saturated heterocycles. The smallest absolute Gasteiger partial charge is 0.274 e. The highest BCUT2D eigenvalue weighted by Gasteiger charge is 2.14. The number of carbonyl (C=O) groups is 2. The Balaban J connectivity index is 1.55. The van der Waals surface area contributed by atoms with Gasteiger partial charge in [0.05, 0.1) is 19.0 Å². The second-order valence-electron chi connectivity index (χ2n) is 5.33. The van der Waals surface area contributed by atoms with Crippen LogP contribution in [0.25, 0.3) is 0 Å². The second kappa shape index (κ2) is 7.44. The lowest BCUT2D eigenvalue weighted by atomic mass is 10.3. The zero-order valence-corrected chi connectivity index (χ0v) is 14.1. The van der Waals surface area contributed by atoms with Crippen LogP contribution in [0.2, 0.25) is 0 Å². The molecule has 1 aliphatic heterocycles. The molecule has 1 aromatic carbocycles. The van der Waals surface area contributed by atoms with Gasteiger partial charge in [-0.2, -0.15) is 0 Å². The van der Waals surface area contributed by atoms with Crippen LogP contribution in [-0.2, 0) is 11.8 Å². The normalized spacial score (nSPS) is 13.2. The molecule has 0 atom stereocenters. The number of nitrogens with zero attached hydrogens (tertiary/aromatic N) is 1. The summed E-state index contributed by atoms with van der Waals surface area (Å²) in [4.78, 5) is 24.8. The third-order valence-electron chi connectivity index (χ3n) is 3.52. The molecule has 0 fully saturated rings. The van der Waals surface area contributed by atoms with E-state index < -0.39 is 5.91 Å².